The van der Waals surface area contributed by atoms with E-state index in [9.17, 15) is 19.5 Å². The predicted molar refractivity (Wildman–Crippen MR) is 130 cm³/mol. The summed E-state index contributed by atoms with van der Waals surface area (Å²) >= 11 is 0. The molecule has 1 atom stereocenters. The van der Waals surface area contributed by atoms with Crippen molar-refractivity contribution in [2.45, 2.75) is 64.7 Å². The number of rotatable bonds is 12. The Kier molecular flexibility index (Phi) is 8.78. The number of ketones is 1. The molecule has 0 spiro atoms. The summed E-state index contributed by atoms with van der Waals surface area (Å²) in [6, 6.07) is 11.4. The predicted octanol–water partition coefficient (Wildman–Crippen LogP) is 4.80. The molecule has 2 aromatic rings. The van der Waals surface area contributed by atoms with Gasteiger partial charge in [-0.25, -0.2) is 0 Å². The van der Waals surface area contributed by atoms with Crippen molar-refractivity contribution in [2.24, 2.45) is 0 Å². The van der Waals surface area contributed by atoms with E-state index in [2.05, 4.69) is 17.6 Å². The van der Waals surface area contributed by atoms with Gasteiger partial charge in [-0.2, -0.15) is 0 Å². The minimum atomic E-state index is -0.229. The van der Waals surface area contributed by atoms with Crippen molar-refractivity contribution in [3.63, 3.8) is 0 Å². The second kappa shape index (κ2) is 11.8. The molecule has 0 saturated carbocycles. The second-order valence-electron chi connectivity index (χ2n) is 8.59. The molecule has 2 aromatic carbocycles. The van der Waals surface area contributed by atoms with Gasteiger partial charge in [-0.15, -0.1) is 0 Å². The van der Waals surface area contributed by atoms with Crippen molar-refractivity contribution in [3.8, 4) is 11.1 Å². The van der Waals surface area contributed by atoms with Crippen LogP contribution in [0.1, 0.15) is 86.2 Å². The molecule has 1 unspecified atom stereocenters. The first-order valence-corrected chi connectivity index (χ1v) is 12.0. The lowest BCUT2D eigenvalue weighted by Crippen LogP contribution is -2.24. The van der Waals surface area contributed by atoms with Crippen LogP contribution in [0.15, 0.2) is 36.4 Å². The average molecular weight is 451 g/mol. The maximum absolute atomic E-state index is 12.8. The summed E-state index contributed by atoms with van der Waals surface area (Å²) in [6.07, 6.45) is 4.28. The van der Waals surface area contributed by atoms with Crippen LogP contribution < -0.4 is 10.6 Å². The van der Waals surface area contributed by atoms with E-state index in [1.165, 1.54) is 0 Å². The molecule has 0 saturated heterocycles. The summed E-state index contributed by atoms with van der Waals surface area (Å²) in [4.78, 5) is 36.9. The van der Waals surface area contributed by atoms with Crippen LogP contribution in [0.25, 0.3) is 11.1 Å². The maximum Gasteiger partial charge on any atom is 0.224 e. The molecule has 0 fully saturated rings. The first kappa shape index (κ1) is 24.6. The highest BCUT2D eigenvalue weighted by Crippen LogP contribution is 2.47. The standard InChI is InChI=1S/C27H34N2O4/c1-3-5-10-24(31)21-9-6-8-19-23(17-30)22-16-18(13-14-20(22)27(19)21)29-26(33)12-7-11-25(32)28-15-4-2/h6,8-9,13-14,16,23,30H,3-5,7,10-12,15,17H2,1-2H3,(H,28,32)(H,29,33). The Morgan fingerprint density at radius 1 is 0.909 bits per heavy atom. The third kappa shape index (κ3) is 5.88. The number of aliphatic hydroxyl groups excluding tert-OH is 1. The molecule has 0 aromatic heterocycles. The number of hydrogen-bond acceptors (Lipinski definition) is 4. The number of hydrogen-bond donors (Lipinski definition) is 3. The summed E-state index contributed by atoms with van der Waals surface area (Å²) in [7, 11) is 0. The lowest BCUT2D eigenvalue weighted by molar-refractivity contribution is -0.121. The number of fused-ring (bicyclic) bond motifs is 3. The Balaban J connectivity index is 1.73. The van der Waals surface area contributed by atoms with E-state index in [-0.39, 0.29) is 36.5 Å². The molecule has 176 valence electrons. The van der Waals surface area contributed by atoms with Gasteiger partial charge in [0.05, 0.1) is 6.61 Å². The highest BCUT2D eigenvalue weighted by atomic mass is 16.3. The quantitative estimate of drug-likeness (QED) is 0.405. The Morgan fingerprint density at radius 3 is 2.42 bits per heavy atom. The zero-order chi connectivity index (χ0) is 23.8. The molecular formula is C27H34N2O4. The first-order chi connectivity index (χ1) is 16.0. The topological polar surface area (TPSA) is 95.5 Å². The number of carbonyl (C=O) groups excluding carboxylic acids is 3. The minimum Gasteiger partial charge on any atom is -0.395 e. The number of anilines is 1. The van der Waals surface area contributed by atoms with Gasteiger partial charge in [-0.3, -0.25) is 14.4 Å². The zero-order valence-corrected chi connectivity index (χ0v) is 19.6. The van der Waals surface area contributed by atoms with Gasteiger partial charge in [0.25, 0.3) is 0 Å². The Morgan fingerprint density at radius 2 is 1.70 bits per heavy atom. The minimum absolute atomic E-state index is 0.0324. The second-order valence-corrected chi connectivity index (χ2v) is 8.59. The van der Waals surface area contributed by atoms with Gasteiger partial charge in [0, 0.05) is 43.0 Å². The maximum atomic E-state index is 12.8. The highest BCUT2D eigenvalue weighted by Gasteiger charge is 2.31. The Hall–Kier alpha value is -2.99. The SMILES string of the molecule is CCCCC(=O)c1cccc2c1-c1ccc(NC(=O)CCCC(=O)NCCC)cc1C2CO. The van der Waals surface area contributed by atoms with E-state index < -0.39 is 0 Å². The monoisotopic (exact) mass is 450 g/mol. The lowest BCUT2D eigenvalue weighted by Gasteiger charge is -2.12. The van der Waals surface area contributed by atoms with E-state index in [4.69, 9.17) is 0 Å². The Labute approximate surface area is 195 Å². The molecule has 3 N–H and O–H groups in total. The van der Waals surface area contributed by atoms with Gasteiger partial charge in [0.15, 0.2) is 5.78 Å². The van der Waals surface area contributed by atoms with Crippen molar-refractivity contribution in [1.82, 2.24) is 5.32 Å². The van der Waals surface area contributed by atoms with Crippen LogP contribution >= 0.6 is 0 Å². The van der Waals surface area contributed by atoms with Gasteiger partial charge >= 0.3 is 0 Å². The van der Waals surface area contributed by atoms with Crippen molar-refractivity contribution in [2.75, 3.05) is 18.5 Å². The molecule has 1 aliphatic rings. The van der Waals surface area contributed by atoms with Gasteiger partial charge in [0.1, 0.15) is 0 Å². The van der Waals surface area contributed by atoms with Crippen LogP contribution in [-0.2, 0) is 9.59 Å². The number of carbonyl (C=O) groups is 3. The van der Waals surface area contributed by atoms with Gasteiger partial charge in [-0.1, -0.05) is 44.5 Å². The fourth-order valence-electron chi connectivity index (χ4n) is 4.37. The number of aliphatic hydroxyl groups is 1. The molecule has 1 aliphatic carbocycles. The summed E-state index contributed by atoms with van der Waals surface area (Å²) in [5.41, 5.74) is 5.07. The van der Waals surface area contributed by atoms with E-state index in [1.807, 2.05) is 43.3 Å². The van der Waals surface area contributed by atoms with Crippen molar-refractivity contribution in [1.29, 1.82) is 0 Å². The van der Waals surface area contributed by atoms with E-state index >= 15 is 0 Å². The summed E-state index contributed by atoms with van der Waals surface area (Å²) in [5, 5.41) is 15.8. The van der Waals surface area contributed by atoms with Crippen molar-refractivity contribution in [3.05, 3.63) is 53.1 Å². The fraction of sp³-hybridized carbons (Fsp3) is 0.444. The fourth-order valence-corrected chi connectivity index (χ4v) is 4.37. The molecule has 33 heavy (non-hydrogen) atoms. The number of Topliss-reactive ketones (excluding diaryl/α,β-unsaturated/α-hetero) is 1. The third-order valence-corrected chi connectivity index (χ3v) is 6.07. The van der Waals surface area contributed by atoms with Crippen LogP contribution in [0.2, 0.25) is 0 Å². The number of benzene rings is 2. The molecular weight excluding hydrogens is 416 g/mol. The van der Waals surface area contributed by atoms with Crippen LogP contribution in [0, 0.1) is 0 Å². The first-order valence-electron chi connectivity index (χ1n) is 12.0. The van der Waals surface area contributed by atoms with Crippen LogP contribution in [0.5, 0.6) is 0 Å². The molecule has 6 heteroatoms. The summed E-state index contributed by atoms with van der Waals surface area (Å²) in [6.45, 7) is 4.64. The summed E-state index contributed by atoms with van der Waals surface area (Å²) < 4.78 is 0. The number of amides is 2. The molecule has 0 heterocycles. The number of nitrogens with one attached hydrogen (secondary N) is 2. The van der Waals surface area contributed by atoms with Crippen LogP contribution in [0.4, 0.5) is 5.69 Å². The van der Waals surface area contributed by atoms with Crippen LogP contribution in [-0.4, -0.2) is 35.9 Å². The van der Waals surface area contributed by atoms with Gasteiger partial charge in [0.2, 0.25) is 11.8 Å². The third-order valence-electron chi connectivity index (χ3n) is 6.07. The number of unbranched alkanes of at least 4 members (excludes halogenated alkanes) is 1. The highest BCUT2D eigenvalue weighted by molar-refractivity contribution is 6.05. The molecule has 2 amide bonds. The molecule has 0 aliphatic heterocycles. The normalized spacial score (nSPS) is 13.8. The van der Waals surface area contributed by atoms with E-state index in [0.29, 0.717) is 37.1 Å². The molecule has 0 radical (unpaired) electrons. The lowest BCUT2D eigenvalue weighted by atomic mass is 9.93. The smallest absolute Gasteiger partial charge is 0.224 e. The Bertz CT molecular complexity index is 1020. The average Bonchev–Trinajstić information content (AvgIpc) is 3.13. The van der Waals surface area contributed by atoms with Crippen LogP contribution in [0.3, 0.4) is 0 Å². The van der Waals surface area contributed by atoms with Crippen molar-refractivity contribution >= 4 is 23.3 Å². The molecule has 6 nitrogen and oxygen atoms in total. The largest absolute Gasteiger partial charge is 0.395 e. The van der Waals surface area contributed by atoms with Gasteiger partial charge in [-0.05, 0) is 53.6 Å². The summed E-state index contributed by atoms with van der Waals surface area (Å²) in [5.74, 6) is -0.286. The van der Waals surface area contributed by atoms with E-state index in [0.717, 1.165) is 41.5 Å². The molecule has 3 rings (SSSR count). The zero-order valence-electron chi connectivity index (χ0n) is 19.6. The van der Waals surface area contributed by atoms with Gasteiger partial charge < -0.3 is 15.7 Å². The van der Waals surface area contributed by atoms with E-state index in [1.54, 1.807) is 0 Å². The molecule has 0 bridgehead atoms. The van der Waals surface area contributed by atoms with Crippen molar-refractivity contribution < 1.29 is 19.5 Å².